The van der Waals surface area contributed by atoms with Gasteiger partial charge in [-0.05, 0) is 0 Å². The Morgan fingerprint density at radius 2 is 1.53 bits per heavy atom. The van der Waals surface area contributed by atoms with E-state index in [0.717, 1.165) is 0 Å². The Kier molecular flexibility index (Phi) is 4.41. The van der Waals surface area contributed by atoms with Crippen molar-refractivity contribution in [1.82, 2.24) is 0 Å². The first-order chi connectivity index (χ1) is 7.29. The fourth-order valence-electron chi connectivity index (χ4n) is 0.874. The lowest BCUT2D eigenvalue weighted by Gasteiger charge is -2.28. The molecule has 0 bridgehead atoms. The molecule has 0 saturated carbocycles. The predicted molar refractivity (Wildman–Crippen MR) is 41.5 cm³/mol. The van der Waals surface area contributed by atoms with E-state index in [0.29, 0.717) is 13.8 Å². The minimum absolute atomic E-state index is 0.331. The third-order valence-electron chi connectivity index (χ3n) is 1.82. The minimum atomic E-state index is -5.27. The SMILES string of the molecule is CC(=O)OC(F)(F)C(F)(F)CC(C)C(F)(F)F. The van der Waals surface area contributed by atoms with Crippen LogP contribution in [-0.2, 0) is 9.53 Å². The molecule has 1 atom stereocenters. The topological polar surface area (TPSA) is 26.3 Å². The molecule has 17 heavy (non-hydrogen) atoms. The van der Waals surface area contributed by atoms with Crippen molar-refractivity contribution in [1.29, 1.82) is 0 Å². The molecule has 0 aliphatic carbocycles. The minimum Gasteiger partial charge on any atom is -0.396 e. The fourth-order valence-corrected chi connectivity index (χ4v) is 0.874. The number of carbonyl (C=O) groups is 1. The molecule has 0 aromatic rings. The second-order valence-electron chi connectivity index (χ2n) is 3.46. The van der Waals surface area contributed by atoms with Gasteiger partial charge in [0.25, 0.3) is 0 Å². The number of alkyl halides is 7. The van der Waals surface area contributed by atoms with Gasteiger partial charge in [0.15, 0.2) is 0 Å². The highest BCUT2D eigenvalue weighted by Crippen LogP contribution is 2.43. The first kappa shape index (κ1) is 16.0. The van der Waals surface area contributed by atoms with Gasteiger partial charge in [0.2, 0.25) is 0 Å². The number of hydrogen-bond donors (Lipinski definition) is 0. The van der Waals surface area contributed by atoms with Gasteiger partial charge in [-0.25, -0.2) is 0 Å². The maximum atomic E-state index is 12.8. The molecule has 0 aliphatic heterocycles. The summed E-state index contributed by atoms with van der Waals surface area (Å²) < 4.78 is 89.8. The highest BCUT2D eigenvalue weighted by atomic mass is 19.4. The zero-order valence-electron chi connectivity index (χ0n) is 8.75. The maximum Gasteiger partial charge on any atom is 0.466 e. The summed E-state index contributed by atoms with van der Waals surface area (Å²) in [5, 5.41) is 0. The van der Waals surface area contributed by atoms with Crippen molar-refractivity contribution in [3.63, 3.8) is 0 Å². The first-order valence-corrected chi connectivity index (χ1v) is 4.31. The van der Waals surface area contributed by atoms with Crippen LogP contribution in [0.1, 0.15) is 20.3 Å². The molecule has 0 aromatic carbocycles. The van der Waals surface area contributed by atoms with E-state index in [9.17, 15) is 35.5 Å². The number of carbonyl (C=O) groups excluding carboxylic acids is 1. The normalized spacial score (nSPS) is 15.6. The predicted octanol–water partition coefficient (Wildman–Crippen LogP) is 3.37. The number of esters is 1. The van der Waals surface area contributed by atoms with Crippen molar-refractivity contribution < 1.29 is 40.3 Å². The third-order valence-corrected chi connectivity index (χ3v) is 1.82. The van der Waals surface area contributed by atoms with Crippen molar-refractivity contribution in [2.75, 3.05) is 0 Å². The molecule has 102 valence electrons. The molecule has 0 spiro atoms. The summed E-state index contributed by atoms with van der Waals surface area (Å²) in [4.78, 5) is 10.1. The lowest BCUT2D eigenvalue weighted by Crippen LogP contribution is -2.46. The van der Waals surface area contributed by atoms with Crippen LogP contribution >= 0.6 is 0 Å². The Balaban J connectivity index is 4.83. The Morgan fingerprint density at radius 1 is 1.12 bits per heavy atom. The van der Waals surface area contributed by atoms with Gasteiger partial charge in [0, 0.05) is 13.3 Å². The summed E-state index contributed by atoms with van der Waals surface area (Å²) >= 11 is 0. The summed E-state index contributed by atoms with van der Waals surface area (Å²) in [6.45, 7) is 0.773. The summed E-state index contributed by atoms with van der Waals surface area (Å²) in [5.74, 6) is -9.46. The first-order valence-electron chi connectivity index (χ1n) is 4.31. The quantitative estimate of drug-likeness (QED) is 0.578. The van der Waals surface area contributed by atoms with Crippen molar-refractivity contribution in [3.05, 3.63) is 0 Å². The van der Waals surface area contributed by atoms with E-state index in [4.69, 9.17) is 0 Å². The van der Waals surface area contributed by atoms with Gasteiger partial charge in [-0.2, -0.15) is 30.7 Å². The second kappa shape index (κ2) is 4.69. The van der Waals surface area contributed by atoms with Crippen molar-refractivity contribution in [2.45, 2.75) is 38.5 Å². The average Bonchev–Trinajstić information content (AvgIpc) is 1.97. The van der Waals surface area contributed by atoms with Crippen LogP contribution in [0, 0.1) is 5.92 Å². The van der Waals surface area contributed by atoms with E-state index in [1.165, 1.54) is 0 Å². The summed E-state index contributed by atoms with van der Waals surface area (Å²) in [6.07, 6.45) is -12.5. The van der Waals surface area contributed by atoms with Gasteiger partial charge in [0.05, 0.1) is 5.92 Å². The molecule has 0 aliphatic rings. The van der Waals surface area contributed by atoms with Crippen molar-refractivity contribution in [3.8, 4) is 0 Å². The number of hydrogen-bond acceptors (Lipinski definition) is 2. The van der Waals surface area contributed by atoms with Gasteiger partial charge in [-0.1, -0.05) is 6.92 Å². The number of ether oxygens (including phenoxy) is 1. The third kappa shape index (κ3) is 4.39. The summed E-state index contributed by atoms with van der Waals surface area (Å²) in [6, 6.07) is 0. The molecule has 0 N–H and O–H groups in total. The zero-order chi connectivity index (χ0) is 14.1. The summed E-state index contributed by atoms with van der Waals surface area (Å²) in [5.41, 5.74) is 0. The Labute approximate surface area is 91.7 Å². The van der Waals surface area contributed by atoms with Gasteiger partial charge < -0.3 is 4.74 Å². The number of halogens is 7. The van der Waals surface area contributed by atoms with Crippen LogP contribution in [-0.4, -0.2) is 24.2 Å². The van der Waals surface area contributed by atoms with Gasteiger partial charge in [0.1, 0.15) is 0 Å². The van der Waals surface area contributed by atoms with E-state index in [1.807, 2.05) is 0 Å². The molecule has 2 nitrogen and oxygen atoms in total. The van der Waals surface area contributed by atoms with Crippen LogP contribution in [0.3, 0.4) is 0 Å². The molecule has 0 aromatic heterocycles. The van der Waals surface area contributed by atoms with Gasteiger partial charge in [-0.15, -0.1) is 0 Å². The molecular weight excluding hydrogens is 261 g/mol. The van der Waals surface area contributed by atoms with Crippen LogP contribution in [0.2, 0.25) is 0 Å². The van der Waals surface area contributed by atoms with E-state index < -0.39 is 36.5 Å². The van der Waals surface area contributed by atoms with E-state index in [1.54, 1.807) is 0 Å². The lowest BCUT2D eigenvalue weighted by molar-refractivity contribution is -0.339. The van der Waals surface area contributed by atoms with Crippen LogP contribution in [0.25, 0.3) is 0 Å². The molecule has 0 heterocycles. The molecule has 1 unspecified atom stereocenters. The van der Waals surface area contributed by atoms with Crippen molar-refractivity contribution in [2.24, 2.45) is 5.92 Å². The Hall–Kier alpha value is -1.02. The Bertz CT molecular complexity index is 284. The van der Waals surface area contributed by atoms with Gasteiger partial charge >= 0.3 is 24.2 Å². The van der Waals surface area contributed by atoms with Gasteiger partial charge in [-0.3, -0.25) is 4.79 Å². The molecule has 9 heteroatoms. The van der Waals surface area contributed by atoms with E-state index in [2.05, 4.69) is 4.74 Å². The molecule has 0 amide bonds. The summed E-state index contributed by atoms with van der Waals surface area (Å²) in [7, 11) is 0. The van der Waals surface area contributed by atoms with Crippen LogP contribution in [0.5, 0.6) is 0 Å². The van der Waals surface area contributed by atoms with Crippen LogP contribution in [0.15, 0.2) is 0 Å². The standard InChI is InChI=1S/C8H9F7O2/c1-4(7(11,12)13)3-6(9,10)8(14,15)17-5(2)16/h4H,3H2,1-2H3. The van der Waals surface area contributed by atoms with Crippen LogP contribution < -0.4 is 0 Å². The second-order valence-corrected chi connectivity index (χ2v) is 3.46. The Morgan fingerprint density at radius 3 is 1.82 bits per heavy atom. The fraction of sp³-hybridized carbons (Fsp3) is 0.875. The van der Waals surface area contributed by atoms with E-state index in [-0.39, 0.29) is 0 Å². The lowest BCUT2D eigenvalue weighted by atomic mass is 10.0. The molecule has 0 saturated heterocycles. The zero-order valence-corrected chi connectivity index (χ0v) is 8.75. The maximum absolute atomic E-state index is 12.8. The highest BCUT2D eigenvalue weighted by Gasteiger charge is 2.62. The smallest absolute Gasteiger partial charge is 0.396 e. The number of rotatable bonds is 4. The largest absolute Gasteiger partial charge is 0.466 e. The molecule has 0 rings (SSSR count). The highest BCUT2D eigenvalue weighted by molar-refractivity contribution is 5.66. The monoisotopic (exact) mass is 270 g/mol. The van der Waals surface area contributed by atoms with Crippen LogP contribution in [0.4, 0.5) is 30.7 Å². The molecular formula is C8H9F7O2. The molecule has 0 radical (unpaired) electrons. The van der Waals surface area contributed by atoms with E-state index >= 15 is 0 Å². The average molecular weight is 270 g/mol. The molecule has 0 fully saturated rings. The van der Waals surface area contributed by atoms with Crippen molar-refractivity contribution >= 4 is 5.97 Å².